The van der Waals surface area contributed by atoms with Crippen LogP contribution in [0.15, 0.2) is 47.1 Å². The van der Waals surface area contributed by atoms with Gasteiger partial charge in [0.25, 0.3) is 0 Å². The van der Waals surface area contributed by atoms with Gasteiger partial charge >= 0.3 is 0 Å². The highest BCUT2D eigenvalue weighted by atomic mass is 16.3. The first-order valence-electron chi connectivity index (χ1n) is 9.56. The molecule has 0 N–H and O–H groups in total. The summed E-state index contributed by atoms with van der Waals surface area (Å²) in [4.78, 5) is 27.6. The zero-order valence-corrected chi connectivity index (χ0v) is 15.2. The van der Waals surface area contributed by atoms with Crippen LogP contribution < -0.4 is 4.90 Å². The zero-order valence-electron chi connectivity index (χ0n) is 15.2. The minimum Gasteiger partial charge on any atom is -0.467 e. The summed E-state index contributed by atoms with van der Waals surface area (Å²) in [5, 5.41) is 0. The Morgan fingerprint density at radius 2 is 1.81 bits per heavy atom. The molecular weight excluding hydrogens is 326 g/mol. The van der Waals surface area contributed by atoms with Crippen molar-refractivity contribution < 1.29 is 14.0 Å². The van der Waals surface area contributed by atoms with Crippen molar-refractivity contribution >= 4 is 17.4 Å². The molecule has 0 radical (unpaired) electrons. The average Bonchev–Trinajstić information content (AvgIpc) is 3.13. The fourth-order valence-corrected chi connectivity index (χ4v) is 4.48. The molecule has 2 bridgehead atoms. The number of benzene rings is 1. The summed E-state index contributed by atoms with van der Waals surface area (Å²) in [5.74, 6) is 1.38. The number of rotatable bonds is 4. The van der Waals surface area contributed by atoms with E-state index in [0.29, 0.717) is 25.2 Å². The Morgan fingerprint density at radius 3 is 2.42 bits per heavy atom. The maximum Gasteiger partial charge on any atom is 0.230 e. The van der Waals surface area contributed by atoms with Crippen LogP contribution in [0.1, 0.15) is 43.4 Å². The van der Waals surface area contributed by atoms with Gasteiger partial charge in [0.05, 0.1) is 12.8 Å². The number of carbonyl (C=O) groups is 2. The van der Waals surface area contributed by atoms with Crippen LogP contribution in [0.25, 0.3) is 0 Å². The molecular formula is C22H25NO3. The lowest BCUT2D eigenvalue weighted by Gasteiger charge is -2.38. The van der Waals surface area contributed by atoms with Gasteiger partial charge < -0.3 is 9.32 Å². The van der Waals surface area contributed by atoms with Crippen molar-refractivity contribution in [3.63, 3.8) is 0 Å². The lowest BCUT2D eigenvalue weighted by atomic mass is 9.67. The second-order valence-electron chi connectivity index (χ2n) is 7.73. The van der Waals surface area contributed by atoms with E-state index in [9.17, 15) is 9.59 Å². The fraction of sp³-hybridized carbons (Fsp3) is 0.455. The lowest BCUT2D eigenvalue weighted by Crippen LogP contribution is -2.44. The largest absolute Gasteiger partial charge is 0.467 e. The molecule has 2 fully saturated rings. The number of carbonyl (C=O) groups excluding carboxylic acids is 2. The molecule has 1 heterocycles. The van der Waals surface area contributed by atoms with E-state index in [2.05, 4.69) is 0 Å². The Kier molecular flexibility index (Phi) is 4.66. The van der Waals surface area contributed by atoms with E-state index < -0.39 is 0 Å². The van der Waals surface area contributed by atoms with E-state index in [1.165, 1.54) is 0 Å². The topological polar surface area (TPSA) is 50.5 Å². The molecule has 136 valence electrons. The number of fused-ring (bicyclic) bond motifs is 2. The first kappa shape index (κ1) is 17.1. The number of ketones is 1. The summed E-state index contributed by atoms with van der Waals surface area (Å²) in [5.41, 5.74) is 2.05. The zero-order chi connectivity index (χ0) is 18.1. The van der Waals surface area contributed by atoms with Crippen molar-refractivity contribution in [2.75, 3.05) is 4.90 Å². The number of nitrogens with zero attached hydrogens (tertiary/aromatic N) is 1. The molecule has 1 amide bonds. The van der Waals surface area contributed by atoms with Gasteiger partial charge in [-0.15, -0.1) is 0 Å². The van der Waals surface area contributed by atoms with Gasteiger partial charge in [-0.1, -0.05) is 24.1 Å². The summed E-state index contributed by atoms with van der Waals surface area (Å²) in [7, 11) is 0. The van der Waals surface area contributed by atoms with Crippen molar-refractivity contribution in [1.82, 2.24) is 0 Å². The monoisotopic (exact) mass is 351 g/mol. The van der Waals surface area contributed by atoms with Gasteiger partial charge in [0.1, 0.15) is 11.5 Å². The van der Waals surface area contributed by atoms with Crippen LogP contribution >= 0.6 is 0 Å². The molecule has 2 atom stereocenters. The minimum atomic E-state index is -0.0701. The quantitative estimate of drug-likeness (QED) is 0.814. The van der Waals surface area contributed by atoms with Crippen LogP contribution in [-0.4, -0.2) is 11.7 Å². The van der Waals surface area contributed by atoms with E-state index >= 15 is 0 Å². The number of anilines is 1. The summed E-state index contributed by atoms with van der Waals surface area (Å²) in [6.45, 7) is 2.46. The summed E-state index contributed by atoms with van der Waals surface area (Å²) >= 11 is 0. The predicted molar refractivity (Wildman–Crippen MR) is 99.6 cm³/mol. The molecule has 2 saturated carbocycles. The second-order valence-corrected chi connectivity index (χ2v) is 7.73. The Labute approximate surface area is 154 Å². The van der Waals surface area contributed by atoms with E-state index in [0.717, 1.165) is 36.3 Å². The summed E-state index contributed by atoms with van der Waals surface area (Å²) < 4.78 is 5.49. The first-order chi connectivity index (χ1) is 12.6. The van der Waals surface area contributed by atoms with Crippen molar-refractivity contribution in [2.24, 2.45) is 17.8 Å². The highest BCUT2D eigenvalue weighted by Gasteiger charge is 2.42. The molecule has 2 aliphatic rings. The van der Waals surface area contributed by atoms with Crippen LogP contribution in [0.2, 0.25) is 0 Å². The molecule has 2 aromatic rings. The van der Waals surface area contributed by atoms with Gasteiger partial charge in [-0.25, -0.2) is 0 Å². The number of aryl methyl sites for hydroxylation is 1. The average molecular weight is 351 g/mol. The smallest absolute Gasteiger partial charge is 0.230 e. The Bertz CT molecular complexity index is 762. The van der Waals surface area contributed by atoms with Crippen molar-refractivity contribution in [2.45, 2.75) is 45.6 Å². The molecule has 4 heteroatoms. The maximum atomic E-state index is 13.4. The molecule has 0 spiro atoms. The van der Waals surface area contributed by atoms with Crippen LogP contribution in [0, 0.1) is 24.7 Å². The number of Topliss-reactive ketones (excluding diaryl/α,β-unsaturated/α-hetero) is 1. The third kappa shape index (κ3) is 3.33. The van der Waals surface area contributed by atoms with Gasteiger partial charge in [-0.2, -0.15) is 0 Å². The van der Waals surface area contributed by atoms with Crippen molar-refractivity contribution in [3.8, 4) is 0 Å². The Morgan fingerprint density at radius 1 is 1.12 bits per heavy atom. The molecule has 0 aliphatic heterocycles. The molecule has 0 saturated heterocycles. The van der Waals surface area contributed by atoms with Crippen LogP contribution in [-0.2, 0) is 16.1 Å². The number of hydrogen-bond acceptors (Lipinski definition) is 3. The lowest BCUT2D eigenvalue weighted by molar-refractivity contribution is -0.136. The summed E-state index contributed by atoms with van der Waals surface area (Å²) in [6.07, 6.45) is 6.06. The molecule has 1 aromatic heterocycles. The maximum absolute atomic E-state index is 13.4. The normalized spacial score (nSPS) is 25.1. The SMILES string of the molecule is Cc1ccc(N(Cc2ccco2)C(=O)C2CC3CCCC(C2)C3=O)cc1. The molecule has 2 aliphatic carbocycles. The predicted octanol–water partition coefficient (Wildman–Crippen LogP) is 4.52. The van der Waals surface area contributed by atoms with Gasteiger partial charge in [0.2, 0.25) is 5.91 Å². The van der Waals surface area contributed by atoms with E-state index in [-0.39, 0.29) is 23.7 Å². The van der Waals surface area contributed by atoms with E-state index in [1.807, 2.05) is 48.2 Å². The Balaban J connectivity index is 1.59. The number of amides is 1. The third-order valence-electron chi connectivity index (χ3n) is 5.90. The van der Waals surface area contributed by atoms with Crippen LogP contribution in [0.5, 0.6) is 0 Å². The summed E-state index contributed by atoms with van der Waals surface area (Å²) in [6, 6.07) is 11.8. The molecule has 2 unspecified atom stereocenters. The van der Waals surface area contributed by atoms with Crippen molar-refractivity contribution in [1.29, 1.82) is 0 Å². The van der Waals surface area contributed by atoms with Gasteiger partial charge in [-0.05, 0) is 56.9 Å². The number of hydrogen-bond donors (Lipinski definition) is 0. The molecule has 4 rings (SSSR count). The fourth-order valence-electron chi connectivity index (χ4n) is 4.48. The molecule has 1 aromatic carbocycles. The van der Waals surface area contributed by atoms with Crippen molar-refractivity contribution in [3.05, 3.63) is 54.0 Å². The third-order valence-corrected chi connectivity index (χ3v) is 5.90. The highest BCUT2D eigenvalue weighted by Crippen LogP contribution is 2.41. The highest BCUT2D eigenvalue weighted by molar-refractivity contribution is 5.97. The van der Waals surface area contributed by atoms with E-state index in [1.54, 1.807) is 6.26 Å². The Hall–Kier alpha value is -2.36. The van der Waals surface area contributed by atoms with Gasteiger partial charge in [0.15, 0.2) is 0 Å². The van der Waals surface area contributed by atoms with Crippen LogP contribution in [0.3, 0.4) is 0 Å². The molecule has 26 heavy (non-hydrogen) atoms. The van der Waals surface area contributed by atoms with Gasteiger partial charge in [0, 0.05) is 23.4 Å². The standard InChI is InChI=1S/C22H25NO3/c1-15-7-9-19(10-8-15)23(14-20-6-3-11-26-20)22(25)18-12-16-4-2-5-17(13-18)21(16)24/h3,6-11,16-18H,2,4-5,12-14H2,1H3. The minimum absolute atomic E-state index is 0.0701. The van der Waals surface area contributed by atoms with Crippen LogP contribution in [0.4, 0.5) is 5.69 Å². The second kappa shape index (κ2) is 7.10. The van der Waals surface area contributed by atoms with E-state index in [4.69, 9.17) is 4.42 Å². The van der Waals surface area contributed by atoms with Gasteiger partial charge in [-0.3, -0.25) is 9.59 Å². The first-order valence-corrected chi connectivity index (χ1v) is 9.56. The number of furan rings is 1. The molecule has 4 nitrogen and oxygen atoms in total.